The number of anilines is 1. The van der Waals surface area contributed by atoms with Crippen LogP contribution in [0.5, 0.6) is 0 Å². The molecular formula is C16H20N4S. The van der Waals surface area contributed by atoms with Crippen molar-refractivity contribution in [1.82, 2.24) is 10.3 Å². The monoisotopic (exact) mass is 300 g/mol. The van der Waals surface area contributed by atoms with Crippen LogP contribution in [-0.2, 0) is 0 Å². The number of aryl methyl sites for hydroxylation is 3. The van der Waals surface area contributed by atoms with E-state index in [-0.39, 0.29) is 0 Å². The van der Waals surface area contributed by atoms with Gasteiger partial charge in [0, 0.05) is 24.0 Å². The molecule has 0 bridgehead atoms. The van der Waals surface area contributed by atoms with E-state index in [0.717, 1.165) is 36.3 Å². The van der Waals surface area contributed by atoms with Crippen LogP contribution in [0.25, 0.3) is 11.3 Å². The van der Waals surface area contributed by atoms with Crippen molar-refractivity contribution in [3.05, 3.63) is 34.2 Å². The van der Waals surface area contributed by atoms with Crippen molar-refractivity contribution < 1.29 is 0 Å². The molecule has 21 heavy (non-hydrogen) atoms. The van der Waals surface area contributed by atoms with E-state index in [4.69, 9.17) is 4.98 Å². The number of rotatable bonds is 2. The van der Waals surface area contributed by atoms with Crippen molar-refractivity contribution in [1.29, 1.82) is 0 Å². The number of aliphatic imine (C=N–C) groups is 1. The Morgan fingerprint density at radius 3 is 2.71 bits per heavy atom. The number of nitrogens with one attached hydrogen (secondary N) is 2. The lowest BCUT2D eigenvalue weighted by atomic mass is 9.99. The third kappa shape index (κ3) is 3.08. The van der Waals surface area contributed by atoms with E-state index in [9.17, 15) is 0 Å². The number of benzene rings is 1. The smallest absolute Gasteiger partial charge is 0.197 e. The van der Waals surface area contributed by atoms with Gasteiger partial charge in [0.05, 0.1) is 5.69 Å². The normalized spacial score (nSPS) is 14.5. The number of hydrogen-bond acceptors (Lipinski definition) is 5. The van der Waals surface area contributed by atoms with Gasteiger partial charge in [-0.15, -0.1) is 11.3 Å². The average Bonchev–Trinajstić information content (AvgIpc) is 2.92. The van der Waals surface area contributed by atoms with Crippen LogP contribution in [0.3, 0.4) is 0 Å². The fourth-order valence-electron chi connectivity index (χ4n) is 2.41. The Morgan fingerprint density at radius 2 is 1.95 bits per heavy atom. The molecule has 1 aromatic heterocycles. The zero-order valence-corrected chi connectivity index (χ0v) is 13.5. The van der Waals surface area contributed by atoms with Gasteiger partial charge in [0.15, 0.2) is 11.1 Å². The summed E-state index contributed by atoms with van der Waals surface area (Å²) in [6, 6.07) is 4.45. The maximum Gasteiger partial charge on any atom is 0.197 e. The first-order chi connectivity index (χ1) is 10.1. The zero-order valence-electron chi connectivity index (χ0n) is 12.7. The highest BCUT2D eigenvalue weighted by atomic mass is 32.1. The first-order valence-electron chi connectivity index (χ1n) is 7.22. The topological polar surface area (TPSA) is 49.3 Å². The molecule has 0 amide bonds. The van der Waals surface area contributed by atoms with Gasteiger partial charge in [-0.2, -0.15) is 0 Å². The van der Waals surface area contributed by atoms with Gasteiger partial charge in [0.1, 0.15) is 0 Å². The Balaban J connectivity index is 1.84. The molecule has 0 saturated heterocycles. The van der Waals surface area contributed by atoms with E-state index in [1.54, 1.807) is 11.3 Å². The zero-order chi connectivity index (χ0) is 14.8. The predicted molar refractivity (Wildman–Crippen MR) is 90.3 cm³/mol. The molecule has 4 nitrogen and oxygen atoms in total. The van der Waals surface area contributed by atoms with Crippen molar-refractivity contribution in [3.63, 3.8) is 0 Å². The van der Waals surface area contributed by atoms with Crippen LogP contribution >= 0.6 is 11.3 Å². The molecule has 0 fully saturated rings. The summed E-state index contributed by atoms with van der Waals surface area (Å²) in [7, 11) is 0. The standard InChI is InChI=1S/C16H20N4S/c1-10-7-12(3)13(8-11(10)2)14-9-21-16(19-14)20-15-17-5-4-6-18-15/h7-9H,4-6H2,1-3H3,(H2,17,18,19,20). The molecular weight excluding hydrogens is 280 g/mol. The molecule has 110 valence electrons. The van der Waals surface area contributed by atoms with Crippen molar-refractivity contribution in [2.24, 2.45) is 4.99 Å². The summed E-state index contributed by atoms with van der Waals surface area (Å²) in [5, 5.41) is 9.50. The SMILES string of the molecule is Cc1cc(C)c(-c2csc(NC3=NCCCN3)n2)cc1C. The lowest BCUT2D eigenvalue weighted by molar-refractivity contribution is 0.740. The van der Waals surface area contributed by atoms with Crippen LogP contribution in [0.4, 0.5) is 5.13 Å². The molecule has 5 heteroatoms. The van der Waals surface area contributed by atoms with Crippen LogP contribution in [0.1, 0.15) is 23.1 Å². The highest BCUT2D eigenvalue weighted by Gasteiger charge is 2.11. The first kappa shape index (κ1) is 14.1. The van der Waals surface area contributed by atoms with Crippen molar-refractivity contribution >= 4 is 22.4 Å². The van der Waals surface area contributed by atoms with Gasteiger partial charge in [-0.1, -0.05) is 6.07 Å². The lowest BCUT2D eigenvalue weighted by Crippen LogP contribution is -2.35. The summed E-state index contributed by atoms with van der Waals surface area (Å²) in [4.78, 5) is 9.10. The largest absolute Gasteiger partial charge is 0.356 e. The molecule has 1 aliphatic rings. The third-order valence-electron chi connectivity index (χ3n) is 3.74. The van der Waals surface area contributed by atoms with E-state index in [1.165, 1.54) is 22.3 Å². The average molecular weight is 300 g/mol. The lowest BCUT2D eigenvalue weighted by Gasteiger charge is -2.14. The van der Waals surface area contributed by atoms with Crippen LogP contribution in [0, 0.1) is 20.8 Å². The van der Waals surface area contributed by atoms with E-state index < -0.39 is 0 Å². The van der Waals surface area contributed by atoms with E-state index in [0.29, 0.717) is 0 Å². The molecule has 1 aliphatic heterocycles. The number of guanidine groups is 1. The van der Waals surface area contributed by atoms with Crippen LogP contribution in [0.2, 0.25) is 0 Å². The highest BCUT2D eigenvalue weighted by Crippen LogP contribution is 2.29. The second-order valence-corrected chi connectivity index (χ2v) is 6.28. The summed E-state index contributed by atoms with van der Waals surface area (Å²) >= 11 is 1.61. The van der Waals surface area contributed by atoms with Gasteiger partial charge in [0.25, 0.3) is 0 Å². The van der Waals surface area contributed by atoms with Crippen LogP contribution in [0.15, 0.2) is 22.5 Å². The Hall–Kier alpha value is -1.88. The molecule has 1 aromatic carbocycles. The summed E-state index contributed by atoms with van der Waals surface area (Å²) in [5.74, 6) is 0.832. The molecule has 2 aromatic rings. The van der Waals surface area contributed by atoms with Gasteiger partial charge in [-0.25, -0.2) is 4.98 Å². The third-order valence-corrected chi connectivity index (χ3v) is 4.50. The molecule has 2 N–H and O–H groups in total. The minimum absolute atomic E-state index is 0.832. The second kappa shape index (κ2) is 5.85. The van der Waals surface area contributed by atoms with Gasteiger partial charge in [0.2, 0.25) is 0 Å². The maximum atomic E-state index is 4.69. The van der Waals surface area contributed by atoms with Gasteiger partial charge in [-0.3, -0.25) is 4.99 Å². The number of hydrogen-bond donors (Lipinski definition) is 2. The summed E-state index contributed by atoms with van der Waals surface area (Å²) in [6.45, 7) is 8.28. The van der Waals surface area contributed by atoms with Crippen LogP contribution in [-0.4, -0.2) is 24.0 Å². The molecule has 0 radical (unpaired) electrons. The minimum atomic E-state index is 0.832. The quantitative estimate of drug-likeness (QED) is 0.892. The number of aromatic nitrogens is 1. The predicted octanol–water partition coefficient (Wildman–Crippen LogP) is 3.50. The second-order valence-electron chi connectivity index (χ2n) is 5.42. The molecule has 0 aliphatic carbocycles. The Kier molecular flexibility index (Phi) is 3.92. The Bertz CT molecular complexity index is 688. The van der Waals surface area contributed by atoms with E-state index in [1.807, 2.05) is 0 Å². The van der Waals surface area contributed by atoms with Gasteiger partial charge >= 0.3 is 0 Å². The molecule has 0 saturated carbocycles. The fraction of sp³-hybridized carbons (Fsp3) is 0.375. The number of nitrogens with zero attached hydrogens (tertiary/aromatic N) is 2. The van der Waals surface area contributed by atoms with Gasteiger partial charge < -0.3 is 10.6 Å². The highest BCUT2D eigenvalue weighted by molar-refractivity contribution is 7.14. The molecule has 2 heterocycles. The molecule has 0 spiro atoms. The molecule has 0 unspecified atom stereocenters. The van der Waals surface area contributed by atoms with Gasteiger partial charge in [-0.05, 0) is 49.9 Å². The first-order valence-corrected chi connectivity index (χ1v) is 8.10. The van der Waals surface area contributed by atoms with E-state index in [2.05, 4.69) is 53.9 Å². The fourth-order valence-corrected chi connectivity index (χ4v) is 3.12. The Labute approximate surface area is 129 Å². The summed E-state index contributed by atoms with van der Waals surface area (Å²) in [6.07, 6.45) is 1.09. The number of thiazole rings is 1. The van der Waals surface area contributed by atoms with Crippen molar-refractivity contribution in [2.75, 3.05) is 18.4 Å². The maximum absolute atomic E-state index is 4.69. The van der Waals surface area contributed by atoms with Crippen LogP contribution < -0.4 is 10.6 Å². The molecule has 3 rings (SSSR count). The Morgan fingerprint density at radius 1 is 1.14 bits per heavy atom. The van der Waals surface area contributed by atoms with E-state index >= 15 is 0 Å². The minimum Gasteiger partial charge on any atom is -0.356 e. The summed E-state index contributed by atoms with van der Waals surface area (Å²) in [5.41, 5.74) is 6.13. The molecule has 0 atom stereocenters. The van der Waals surface area contributed by atoms with Crippen molar-refractivity contribution in [3.8, 4) is 11.3 Å². The summed E-state index contributed by atoms with van der Waals surface area (Å²) < 4.78 is 0. The van der Waals surface area contributed by atoms with Crippen molar-refractivity contribution in [2.45, 2.75) is 27.2 Å².